The number of nitrogens with one attached hydrogen (secondary N) is 3. The summed E-state index contributed by atoms with van der Waals surface area (Å²) in [6.45, 7) is 23.1. The second-order valence-corrected chi connectivity index (χ2v) is 12.0. The van der Waals surface area contributed by atoms with Crippen LogP contribution in [0.5, 0.6) is 0 Å². The maximum Gasteiger partial charge on any atom is 0.236 e. The average Bonchev–Trinajstić information content (AvgIpc) is 2.63. The van der Waals surface area contributed by atoms with Crippen molar-refractivity contribution >= 4 is 35.6 Å². The summed E-state index contributed by atoms with van der Waals surface area (Å²) in [7, 11) is 0. The first-order valence-electron chi connectivity index (χ1n) is 11.4. The van der Waals surface area contributed by atoms with Gasteiger partial charge < -0.3 is 0 Å². The Balaban J connectivity index is 3.29. The number of rotatable bonds is 6. The van der Waals surface area contributed by atoms with Gasteiger partial charge in [0.05, 0.1) is 0 Å². The van der Waals surface area contributed by atoms with E-state index in [4.69, 9.17) is 0 Å². The first-order valence-corrected chi connectivity index (χ1v) is 11.4. The van der Waals surface area contributed by atoms with E-state index in [0.717, 1.165) is 0 Å². The first kappa shape index (κ1) is 28.5. The zero-order valence-corrected chi connectivity index (χ0v) is 22.3. The third-order valence-corrected chi connectivity index (χ3v) is 6.42. The molecule has 9 heteroatoms. The van der Waals surface area contributed by atoms with Gasteiger partial charge in [-0.05, 0) is 16.2 Å². The van der Waals surface area contributed by atoms with Crippen molar-refractivity contribution in [3.63, 3.8) is 0 Å². The van der Waals surface area contributed by atoms with Crippen molar-refractivity contribution < 1.29 is 14.4 Å². The van der Waals surface area contributed by atoms with Gasteiger partial charge in [-0.1, -0.05) is 83.1 Å². The zero-order chi connectivity index (χ0) is 25.9. The molecule has 0 aromatic carbocycles. The Hall–Kier alpha value is -2.58. The maximum atomic E-state index is 12.7. The molecule has 0 bridgehead atoms. The van der Waals surface area contributed by atoms with Crippen LogP contribution in [0.4, 0.5) is 17.8 Å². The molecule has 1 aromatic rings. The van der Waals surface area contributed by atoms with Gasteiger partial charge >= 0.3 is 0 Å². The van der Waals surface area contributed by atoms with Crippen LogP contribution in [0.3, 0.4) is 0 Å². The highest BCUT2D eigenvalue weighted by atomic mass is 16.2. The molecule has 3 N–H and O–H groups in total. The predicted octanol–water partition coefficient (Wildman–Crippen LogP) is 4.73. The summed E-state index contributed by atoms with van der Waals surface area (Å²) in [6, 6.07) is 0. The molecule has 3 unspecified atom stereocenters. The molecule has 33 heavy (non-hydrogen) atoms. The van der Waals surface area contributed by atoms with Crippen LogP contribution >= 0.6 is 0 Å². The van der Waals surface area contributed by atoms with Crippen LogP contribution in [0.1, 0.15) is 83.1 Å². The molecular formula is C24H42N6O3. The Morgan fingerprint density at radius 1 is 0.515 bits per heavy atom. The minimum atomic E-state index is -0.327. The van der Waals surface area contributed by atoms with E-state index in [1.54, 1.807) is 0 Å². The van der Waals surface area contributed by atoms with Gasteiger partial charge in [-0.2, -0.15) is 15.0 Å². The molecule has 1 heterocycles. The van der Waals surface area contributed by atoms with Gasteiger partial charge in [0.1, 0.15) is 0 Å². The molecule has 0 aliphatic rings. The van der Waals surface area contributed by atoms with Crippen molar-refractivity contribution in [2.75, 3.05) is 16.0 Å². The average molecular weight is 463 g/mol. The summed E-state index contributed by atoms with van der Waals surface area (Å²) in [5.41, 5.74) is -0.805. The first-order chi connectivity index (χ1) is 14.7. The molecular weight excluding hydrogens is 420 g/mol. The van der Waals surface area contributed by atoms with Crippen LogP contribution in [0.25, 0.3) is 0 Å². The Labute approximate surface area is 198 Å². The quantitative estimate of drug-likeness (QED) is 0.561. The van der Waals surface area contributed by atoms with Gasteiger partial charge in [-0.15, -0.1) is 0 Å². The summed E-state index contributed by atoms with van der Waals surface area (Å²) >= 11 is 0. The van der Waals surface area contributed by atoms with Gasteiger partial charge in [0.15, 0.2) is 0 Å². The van der Waals surface area contributed by atoms with Crippen LogP contribution in [0, 0.1) is 34.0 Å². The highest BCUT2D eigenvalue weighted by molar-refractivity contribution is 5.94. The third-order valence-electron chi connectivity index (χ3n) is 6.42. The van der Waals surface area contributed by atoms with Crippen molar-refractivity contribution in [2.24, 2.45) is 34.0 Å². The minimum Gasteiger partial charge on any atom is -0.294 e. The minimum absolute atomic E-state index is 0.0384. The van der Waals surface area contributed by atoms with Gasteiger partial charge in [0, 0.05) is 17.8 Å². The number of amides is 3. The van der Waals surface area contributed by atoms with Crippen LogP contribution in [0.15, 0.2) is 0 Å². The topological polar surface area (TPSA) is 126 Å². The number of anilines is 3. The van der Waals surface area contributed by atoms with Crippen molar-refractivity contribution in [2.45, 2.75) is 83.1 Å². The fourth-order valence-corrected chi connectivity index (χ4v) is 2.38. The molecule has 0 saturated carbocycles. The largest absolute Gasteiger partial charge is 0.294 e. The molecule has 0 aliphatic carbocycles. The molecule has 9 nitrogen and oxygen atoms in total. The van der Waals surface area contributed by atoms with E-state index >= 15 is 0 Å². The van der Waals surface area contributed by atoms with E-state index in [2.05, 4.69) is 30.9 Å². The molecule has 0 fully saturated rings. The second-order valence-electron chi connectivity index (χ2n) is 12.0. The van der Waals surface area contributed by atoms with Crippen molar-refractivity contribution in [3.05, 3.63) is 0 Å². The summed E-state index contributed by atoms with van der Waals surface area (Å²) in [5, 5.41) is 8.07. The number of carbonyl (C=O) groups is 3. The highest BCUT2D eigenvalue weighted by Gasteiger charge is 2.30. The van der Waals surface area contributed by atoms with Crippen LogP contribution in [0.2, 0.25) is 0 Å². The number of hydrogen-bond acceptors (Lipinski definition) is 6. The zero-order valence-electron chi connectivity index (χ0n) is 22.3. The van der Waals surface area contributed by atoms with Gasteiger partial charge in [0.2, 0.25) is 35.6 Å². The Kier molecular flexibility index (Phi) is 8.74. The predicted molar refractivity (Wildman–Crippen MR) is 132 cm³/mol. The van der Waals surface area contributed by atoms with Gasteiger partial charge in [-0.3, -0.25) is 30.3 Å². The molecule has 1 aromatic heterocycles. The van der Waals surface area contributed by atoms with Crippen LogP contribution in [-0.4, -0.2) is 32.7 Å². The van der Waals surface area contributed by atoms with Crippen molar-refractivity contribution in [1.29, 1.82) is 0 Å². The Morgan fingerprint density at radius 2 is 0.697 bits per heavy atom. The normalized spacial score (nSPS) is 15.3. The summed E-state index contributed by atoms with van der Waals surface area (Å²) in [4.78, 5) is 50.8. The molecule has 0 saturated heterocycles. The monoisotopic (exact) mass is 462 g/mol. The van der Waals surface area contributed by atoms with E-state index in [9.17, 15) is 14.4 Å². The lowest BCUT2D eigenvalue weighted by Gasteiger charge is -2.27. The van der Waals surface area contributed by atoms with Gasteiger partial charge in [-0.25, -0.2) is 0 Å². The smallest absolute Gasteiger partial charge is 0.236 e. The summed E-state index contributed by atoms with van der Waals surface area (Å²) in [6.07, 6.45) is 0. The van der Waals surface area contributed by atoms with E-state index < -0.39 is 0 Å². The van der Waals surface area contributed by atoms with Crippen molar-refractivity contribution in [3.8, 4) is 0 Å². The Bertz CT molecular complexity index is 751. The fourth-order valence-electron chi connectivity index (χ4n) is 2.38. The highest BCUT2D eigenvalue weighted by Crippen LogP contribution is 2.29. The number of hydrogen-bond donors (Lipinski definition) is 3. The van der Waals surface area contributed by atoms with Crippen molar-refractivity contribution in [1.82, 2.24) is 15.0 Å². The summed E-state index contributed by atoms with van der Waals surface area (Å²) < 4.78 is 0. The Morgan fingerprint density at radius 3 is 0.848 bits per heavy atom. The second kappa shape index (κ2) is 10.1. The standard InChI is InChI=1S/C24H42N6O3/c1-13(22(4,5)6)16(31)25-19-28-20(26-17(32)14(2)23(7,8)9)30-21(29-19)27-18(33)15(3)24(10,11)12/h13-15H,1-12H3,(H3,25,26,27,28,29,30,31,32,33). The number of carbonyl (C=O) groups excluding carboxylic acids is 3. The van der Waals surface area contributed by atoms with Crippen LogP contribution < -0.4 is 16.0 Å². The SMILES string of the molecule is CC(C(=O)Nc1nc(NC(=O)C(C)C(C)(C)C)nc(NC(=O)C(C)C(C)(C)C)n1)C(C)(C)C. The molecule has 3 atom stereocenters. The molecule has 0 spiro atoms. The van der Waals surface area contributed by atoms with E-state index in [0.29, 0.717) is 0 Å². The van der Waals surface area contributed by atoms with Gasteiger partial charge in [0.25, 0.3) is 0 Å². The summed E-state index contributed by atoms with van der Waals surface area (Å²) in [5.74, 6) is -1.90. The van der Waals surface area contributed by atoms with E-state index in [-0.39, 0.29) is 69.6 Å². The van der Waals surface area contributed by atoms with Crippen LogP contribution in [-0.2, 0) is 14.4 Å². The lowest BCUT2D eigenvalue weighted by molar-refractivity contribution is -0.123. The molecule has 0 aliphatic heterocycles. The number of nitrogens with zero attached hydrogens (tertiary/aromatic N) is 3. The molecule has 3 amide bonds. The number of aromatic nitrogens is 3. The van der Waals surface area contributed by atoms with E-state index in [1.807, 2.05) is 83.1 Å². The molecule has 186 valence electrons. The molecule has 0 radical (unpaired) electrons. The maximum absolute atomic E-state index is 12.7. The lowest BCUT2D eigenvalue weighted by atomic mass is 9.81. The lowest BCUT2D eigenvalue weighted by Crippen LogP contribution is -2.34. The molecule has 1 rings (SSSR count). The third kappa shape index (κ3) is 8.37. The fraction of sp³-hybridized carbons (Fsp3) is 0.750. The van der Waals surface area contributed by atoms with E-state index in [1.165, 1.54) is 0 Å².